The van der Waals surface area contributed by atoms with E-state index in [0.29, 0.717) is 5.56 Å². The first kappa shape index (κ1) is 11.4. The third-order valence-corrected chi connectivity index (χ3v) is 3.92. The van der Waals surface area contributed by atoms with E-state index in [9.17, 15) is 13.2 Å². The summed E-state index contributed by atoms with van der Waals surface area (Å²) in [5.74, 6) is 0. The summed E-state index contributed by atoms with van der Waals surface area (Å²) >= 11 is 0. The lowest BCUT2D eigenvalue weighted by Crippen LogP contribution is -2.20. The molecule has 26 heavy (non-hydrogen) atoms. The molecule has 0 unspecified atom stereocenters. The zero-order valence-corrected chi connectivity index (χ0v) is 14.1. The number of alkyl halides is 3. The van der Waals surface area contributed by atoms with Gasteiger partial charge in [0.05, 0.1) is 12.4 Å². The summed E-state index contributed by atoms with van der Waals surface area (Å²) in [6.45, 7) is 1.43. The molecule has 0 saturated heterocycles. The fourth-order valence-corrected chi connectivity index (χ4v) is 2.66. The zero-order chi connectivity index (χ0) is 24.8. The van der Waals surface area contributed by atoms with Gasteiger partial charge >= 0.3 is 6.18 Å². The van der Waals surface area contributed by atoms with Gasteiger partial charge in [0.1, 0.15) is 0 Å². The molecule has 1 nitrogen and oxygen atoms in total. The number of halogens is 3. The predicted octanol–water partition coefficient (Wildman–Crippen LogP) is 6.14. The van der Waals surface area contributed by atoms with E-state index in [1.807, 2.05) is 30.3 Å². The minimum absolute atomic E-state index is 0.146. The van der Waals surface area contributed by atoms with Gasteiger partial charge in [0.25, 0.3) is 0 Å². The van der Waals surface area contributed by atoms with E-state index < -0.39 is 60.3 Å². The molecule has 0 aliphatic heterocycles. The zero-order valence-electron chi connectivity index (χ0n) is 21.1. The van der Waals surface area contributed by atoms with Crippen LogP contribution in [0.15, 0.2) is 66.6 Å². The number of benzene rings is 3. The third-order valence-electron chi connectivity index (χ3n) is 3.92. The van der Waals surface area contributed by atoms with Crippen molar-refractivity contribution in [3.8, 4) is 0 Å². The Bertz CT molecular complexity index is 1190. The van der Waals surface area contributed by atoms with Gasteiger partial charge in [-0.15, -0.1) is 0 Å². The summed E-state index contributed by atoms with van der Waals surface area (Å²) in [6.07, 6.45) is -8.15. The number of nitrogens with one attached hydrogen (secondary N) is 1. The second-order valence-corrected chi connectivity index (χ2v) is 5.75. The van der Waals surface area contributed by atoms with Crippen LogP contribution in [-0.2, 0) is 12.5 Å². The molecule has 0 saturated carbocycles. The molecule has 3 aromatic carbocycles. The highest BCUT2D eigenvalue weighted by atomic mass is 19.4. The summed E-state index contributed by atoms with van der Waals surface area (Å²) in [7, 11) is 0. The van der Waals surface area contributed by atoms with Crippen LogP contribution < -0.4 is 5.32 Å². The van der Waals surface area contributed by atoms with Gasteiger partial charge in [-0.2, -0.15) is 13.2 Å². The predicted molar refractivity (Wildman–Crippen MR) is 100 cm³/mol. The lowest BCUT2D eigenvalue weighted by molar-refractivity contribution is -0.137. The summed E-state index contributed by atoms with van der Waals surface area (Å²) < 4.78 is 96.4. The van der Waals surface area contributed by atoms with E-state index >= 15 is 0 Å². The van der Waals surface area contributed by atoms with E-state index in [1.54, 1.807) is 19.1 Å². The van der Waals surface area contributed by atoms with Crippen molar-refractivity contribution in [3.05, 3.63) is 83.3 Å². The Morgan fingerprint density at radius 2 is 1.92 bits per heavy atom. The van der Waals surface area contributed by atoms with Crippen molar-refractivity contribution < 1.29 is 22.8 Å². The second-order valence-electron chi connectivity index (χ2n) is 5.75. The number of hydrogen-bond donors (Lipinski definition) is 1. The highest BCUT2D eigenvalue weighted by molar-refractivity contribution is 5.86. The Kier molecular flexibility index (Phi) is 3.47. The molecule has 4 heteroatoms. The van der Waals surface area contributed by atoms with Crippen LogP contribution in [0.3, 0.4) is 0 Å². The molecular formula is C22H22F3N. The standard InChI is InChI=1S/C22H22F3N/c1-16(20-13-5-10-18-9-2-3-12-21(18)20)26-14-6-8-17-7-4-11-19(15-17)22(23,24)25/h2-5,7,9-13,15-16,26H,6,8,14H2,1H3/t16-/m0/s1/i4D,7D,8D2,11D,15D,16D. The van der Waals surface area contributed by atoms with Crippen LogP contribution in [0.4, 0.5) is 13.2 Å². The Morgan fingerprint density at radius 3 is 2.73 bits per heavy atom. The van der Waals surface area contributed by atoms with Gasteiger partial charge in [0.2, 0.25) is 0 Å². The van der Waals surface area contributed by atoms with Crippen LogP contribution in [0.5, 0.6) is 0 Å². The van der Waals surface area contributed by atoms with Gasteiger partial charge in [0, 0.05) is 8.76 Å². The van der Waals surface area contributed by atoms with Crippen LogP contribution >= 0.6 is 0 Å². The molecule has 0 radical (unpaired) electrons. The second kappa shape index (κ2) is 7.92. The van der Waals surface area contributed by atoms with Gasteiger partial charge in [-0.25, -0.2) is 0 Å². The van der Waals surface area contributed by atoms with E-state index in [0.717, 1.165) is 10.8 Å². The quantitative estimate of drug-likeness (QED) is 0.554. The highest BCUT2D eigenvalue weighted by Gasteiger charge is 2.30. The van der Waals surface area contributed by atoms with Crippen molar-refractivity contribution >= 4 is 10.8 Å². The average Bonchev–Trinajstić information content (AvgIpc) is 2.70. The topological polar surface area (TPSA) is 12.0 Å². The lowest BCUT2D eigenvalue weighted by atomic mass is 9.99. The Balaban J connectivity index is 1.90. The molecule has 0 bridgehead atoms. The molecule has 0 spiro atoms. The molecule has 136 valence electrons. The lowest BCUT2D eigenvalue weighted by Gasteiger charge is -2.17. The van der Waals surface area contributed by atoms with Crippen LogP contribution in [0, 0.1) is 0 Å². The first-order valence-corrected chi connectivity index (χ1v) is 8.10. The van der Waals surface area contributed by atoms with Crippen molar-refractivity contribution in [2.75, 3.05) is 6.54 Å². The fourth-order valence-electron chi connectivity index (χ4n) is 2.66. The first-order chi connectivity index (χ1) is 15.2. The van der Waals surface area contributed by atoms with Crippen LogP contribution in [0.2, 0.25) is 0 Å². The largest absolute Gasteiger partial charge is 0.416 e. The highest BCUT2D eigenvalue weighted by Crippen LogP contribution is 2.29. The molecule has 0 fully saturated rings. The molecule has 1 N–H and O–H groups in total. The maximum atomic E-state index is 13.4. The van der Waals surface area contributed by atoms with Crippen molar-refractivity contribution in [2.45, 2.75) is 31.9 Å². The maximum absolute atomic E-state index is 13.4. The van der Waals surface area contributed by atoms with E-state index in [-0.39, 0.29) is 6.54 Å². The van der Waals surface area contributed by atoms with Crippen molar-refractivity contribution in [2.24, 2.45) is 0 Å². The molecule has 1 atom stereocenters. The summed E-state index contributed by atoms with van der Waals surface area (Å²) in [6, 6.07) is 6.93. The number of rotatable bonds is 6. The minimum atomic E-state index is -5.13. The van der Waals surface area contributed by atoms with Gasteiger partial charge in [-0.1, -0.05) is 60.6 Å². The summed E-state index contributed by atoms with van der Waals surface area (Å²) in [4.78, 5) is 0. The first-order valence-electron chi connectivity index (χ1n) is 11.6. The van der Waals surface area contributed by atoms with Gasteiger partial charge < -0.3 is 5.32 Å². The maximum Gasteiger partial charge on any atom is 0.416 e. The Morgan fingerprint density at radius 1 is 1.15 bits per heavy atom. The van der Waals surface area contributed by atoms with Gasteiger partial charge in [-0.3, -0.25) is 0 Å². The molecule has 0 aromatic heterocycles. The van der Waals surface area contributed by atoms with Crippen molar-refractivity contribution in [1.29, 1.82) is 0 Å². The molecule has 0 aliphatic rings. The molecule has 3 rings (SSSR count). The molecule has 0 aliphatic carbocycles. The van der Waals surface area contributed by atoms with E-state index in [2.05, 4.69) is 5.32 Å². The average molecular weight is 364 g/mol. The van der Waals surface area contributed by atoms with Gasteiger partial charge in [0.15, 0.2) is 0 Å². The molecule has 3 aromatic rings. The number of fused-ring (bicyclic) bond motifs is 1. The molecule has 0 heterocycles. The minimum Gasteiger partial charge on any atom is -0.310 e. The third kappa shape index (κ3) is 4.44. The van der Waals surface area contributed by atoms with Crippen molar-refractivity contribution in [1.82, 2.24) is 5.32 Å². The Labute approximate surface area is 161 Å². The number of hydrogen-bond acceptors (Lipinski definition) is 1. The smallest absolute Gasteiger partial charge is 0.310 e. The van der Waals surface area contributed by atoms with Crippen molar-refractivity contribution in [3.63, 3.8) is 0 Å². The SMILES string of the molecule is [2H]c1c([2H])c(C(F)(F)F)c([2H])c(C([2H])([2H])CCN[C@@]([2H])(C)c2cccc3ccccc23)c1[2H]. The van der Waals surface area contributed by atoms with Crippen LogP contribution in [0.25, 0.3) is 10.8 Å². The molecule has 0 amide bonds. The monoisotopic (exact) mass is 364 g/mol. The van der Waals surface area contributed by atoms with Crippen LogP contribution in [0.1, 0.15) is 45.6 Å². The Hall–Kier alpha value is -2.33. The van der Waals surface area contributed by atoms with E-state index in [4.69, 9.17) is 9.60 Å². The fraction of sp³-hybridized carbons (Fsp3) is 0.273. The van der Waals surface area contributed by atoms with Crippen LogP contribution in [-0.4, -0.2) is 6.54 Å². The summed E-state index contributed by atoms with van der Waals surface area (Å²) in [5.41, 5.74) is -1.97. The van der Waals surface area contributed by atoms with Gasteiger partial charge in [-0.05, 0) is 54.2 Å². The normalized spacial score (nSPS) is 18.7. The summed E-state index contributed by atoms with van der Waals surface area (Å²) in [5, 5.41) is 4.65. The van der Waals surface area contributed by atoms with E-state index in [1.165, 1.54) is 0 Å². The molecular weight excluding hydrogens is 335 g/mol.